The molecular weight excluding hydrogens is 536 g/mol. The number of nitrogens with zero attached hydrogens (tertiary/aromatic N) is 3. The predicted molar refractivity (Wildman–Crippen MR) is 137 cm³/mol. The molecule has 38 heavy (non-hydrogen) atoms. The number of aromatic hydroxyl groups is 1. The lowest BCUT2D eigenvalue weighted by Crippen LogP contribution is -2.71. The molecule has 2 amide bonds. The Hall–Kier alpha value is -3.56. The van der Waals surface area contributed by atoms with Gasteiger partial charge in [-0.25, -0.2) is 4.79 Å². The van der Waals surface area contributed by atoms with Crippen LogP contribution in [-0.2, 0) is 30.3 Å². The third-order valence-corrected chi connectivity index (χ3v) is 8.16. The van der Waals surface area contributed by atoms with E-state index in [1.54, 1.807) is 13.8 Å². The number of H-pyrrole nitrogens is 1. The fourth-order valence-corrected chi connectivity index (χ4v) is 6.36. The van der Waals surface area contributed by atoms with Gasteiger partial charge in [-0.1, -0.05) is 23.9 Å². The summed E-state index contributed by atoms with van der Waals surface area (Å²) in [7, 11) is 0. The molecular formula is C23H26N6O7S2. The van der Waals surface area contributed by atoms with Crippen LogP contribution in [0.1, 0.15) is 31.1 Å². The number of phenols is 1. The number of nitrogens with two attached hydrogens (primary N) is 1. The molecule has 2 aromatic rings. The molecule has 2 aliphatic rings. The molecule has 0 spiro atoms. The topological polar surface area (TPSA) is 201 Å². The van der Waals surface area contributed by atoms with Crippen LogP contribution in [0, 0.1) is 0 Å². The molecule has 1 fully saturated rings. The maximum atomic E-state index is 12.9. The number of carbonyl (C=O) groups is 4. The maximum absolute atomic E-state index is 12.9. The van der Waals surface area contributed by atoms with Gasteiger partial charge >= 0.3 is 11.9 Å². The fraction of sp³-hybridized carbons (Fsp3) is 0.391. The molecule has 1 aromatic carbocycles. The first kappa shape index (κ1) is 27.5. The van der Waals surface area contributed by atoms with E-state index in [1.165, 1.54) is 52.7 Å². The van der Waals surface area contributed by atoms with Gasteiger partial charge in [0.1, 0.15) is 39.6 Å². The summed E-state index contributed by atoms with van der Waals surface area (Å²) in [4.78, 5) is 50.9. The van der Waals surface area contributed by atoms with E-state index in [9.17, 15) is 29.4 Å². The van der Waals surface area contributed by atoms with Crippen LogP contribution in [0.4, 0.5) is 0 Å². The van der Waals surface area contributed by atoms with E-state index in [0.717, 1.165) is 0 Å². The molecule has 1 saturated heterocycles. The van der Waals surface area contributed by atoms with Crippen LogP contribution in [0.5, 0.6) is 5.75 Å². The number of esters is 1. The highest BCUT2D eigenvalue weighted by molar-refractivity contribution is 8.01. The smallest absolute Gasteiger partial charge is 0.352 e. The molecule has 0 radical (unpaired) electrons. The van der Waals surface area contributed by atoms with Crippen LogP contribution in [-0.4, -0.2) is 83.3 Å². The van der Waals surface area contributed by atoms with Crippen molar-refractivity contribution in [3.63, 3.8) is 0 Å². The van der Waals surface area contributed by atoms with Crippen LogP contribution in [0.25, 0.3) is 0 Å². The Bertz CT molecular complexity index is 1280. The number of benzene rings is 1. The minimum absolute atomic E-state index is 0.0279. The lowest BCUT2D eigenvalue weighted by Gasteiger charge is -2.49. The van der Waals surface area contributed by atoms with Gasteiger partial charge in [0.05, 0.1) is 12.5 Å². The molecule has 4 rings (SSSR count). The van der Waals surface area contributed by atoms with Crippen molar-refractivity contribution in [3.05, 3.63) is 46.8 Å². The first-order chi connectivity index (χ1) is 18.1. The maximum Gasteiger partial charge on any atom is 0.352 e. The fourth-order valence-electron chi connectivity index (χ4n) is 3.94. The zero-order valence-corrected chi connectivity index (χ0v) is 22.0. The van der Waals surface area contributed by atoms with Gasteiger partial charge in [0.25, 0.3) is 5.91 Å². The largest absolute Gasteiger partial charge is 0.508 e. The Kier molecular flexibility index (Phi) is 8.28. The van der Waals surface area contributed by atoms with Gasteiger partial charge in [-0.15, -0.1) is 16.9 Å². The Balaban J connectivity index is 1.42. The van der Waals surface area contributed by atoms with Crippen molar-refractivity contribution in [1.82, 2.24) is 25.6 Å². The summed E-state index contributed by atoms with van der Waals surface area (Å²) in [6.07, 6.45) is -0.357. The van der Waals surface area contributed by atoms with Crippen LogP contribution >= 0.6 is 23.5 Å². The molecule has 202 valence electrons. The van der Waals surface area contributed by atoms with Gasteiger partial charge in [0.15, 0.2) is 0 Å². The van der Waals surface area contributed by atoms with E-state index < -0.39 is 41.2 Å². The van der Waals surface area contributed by atoms with Gasteiger partial charge < -0.3 is 26.0 Å². The third kappa shape index (κ3) is 5.79. The minimum atomic E-state index is -1.26. The number of rotatable bonds is 10. The highest BCUT2D eigenvalue weighted by atomic mass is 32.2. The van der Waals surface area contributed by atoms with Gasteiger partial charge in [0, 0.05) is 11.5 Å². The molecule has 0 aliphatic carbocycles. The SMILES string of the molecule is CC(C)OC(=O)Cc1n[nH]nc1SCC1=C(C(=O)O)N2C(=O)C(NC(=O)C(N)c3ccc(O)cc3)[C@@H]2SC1. The second-order valence-electron chi connectivity index (χ2n) is 8.80. The minimum Gasteiger partial charge on any atom is -0.508 e. The average Bonchev–Trinajstić information content (AvgIpc) is 3.31. The summed E-state index contributed by atoms with van der Waals surface area (Å²) in [5, 5.41) is 32.3. The molecule has 13 nitrogen and oxygen atoms in total. The van der Waals surface area contributed by atoms with Crippen LogP contribution in [0.2, 0.25) is 0 Å². The van der Waals surface area contributed by atoms with Crippen molar-refractivity contribution in [2.24, 2.45) is 5.73 Å². The summed E-state index contributed by atoms with van der Waals surface area (Å²) in [5.74, 6) is -2.32. The van der Waals surface area contributed by atoms with Gasteiger partial charge in [0.2, 0.25) is 5.91 Å². The molecule has 3 heterocycles. The van der Waals surface area contributed by atoms with Gasteiger partial charge in [-0.3, -0.25) is 19.3 Å². The van der Waals surface area contributed by atoms with Crippen LogP contribution in [0.15, 0.2) is 40.6 Å². The first-order valence-electron chi connectivity index (χ1n) is 11.5. The number of aromatic amines is 1. The Labute approximate surface area is 225 Å². The van der Waals surface area contributed by atoms with Crippen LogP contribution < -0.4 is 11.1 Å². The van der Waals surface area contributed by atoms with E-state index in [4.69, 9.17) is 10.5 Å². The number of β-lactam (4-membered cyclic amide) rings is 1. The second-order valence-corrected chi connectivity index (χ2v) is 10.9. The molecule has 1 aromatic heterocycles. The van der Waals surface area contributed by atoms with E-state index >= 15 is 0 Å². The molecule has 2 unspecified atom stereocenters. The normalized spacial score (nSPS) is 19.6. The number of thioether (sulfide) groups is 2. The number of fused-ring (bicyclic) bond motifs is 1. The molecule has 6 N–H and O–H groups in total. The number of nitrogens with one attached hydrogen (secondary N) is 2. The third-order valence-electron chi connectivity index (χ3n) is 5.73. The number of hydrogen-bond acceptors (Lipinski definition) is 11. The predicted octanol–water partition coefficient (Wildman–Crippen LogP) is 0.535. The van der Waals surface area contributed by atoms with Crippen molar-refractivity contribution in [2.75, 3.05) is 11.5 Å². The second kappa shape index (κ2) is 11.4. The summed E-state index contributed by atoms with van der Waals surface area (Å²) in [6.45, 7) is 3.48. The van der Waals surface area contributed by atoms with Crippen molar-refractivity contribution in [1.29, 1.82) is 0 Å². The molecule has 3 atom stereocenters. The summed E-state index contributed by atoms with van der Waals surface area (Å²) in [6, 6.07) is 3.83. The number of aliphatic carboxylic acids is 1. The monoisotopic (exact) mass is 562 g/mol. The summed E-state index contributed by atoms with van der Waals surface area (Å²) < 4.78 is 5.14. The Morgan fingerprint density at radius 3 is 2.66 bits per heavy atom. The Morgan fingerprint density at radius 1 is 1.29 bits per heavy atom. The average molecular weight is 563 g/mol. The van der Waals surface area contributed by atoms with E-state index in [-0.39, 0.29) is 29.7 Å². The van der Waals surface area contributed by atoms with Crippen LogP contribution in [0.3, 0.4) is 0 Å². The zero-order valence-electron chi connectivity index (χ0n) is 20.4. The summed E-state index contributed by atoms with van der Waals surface area (Å²) >= 11 is 2.52. The quantitative estimate of drug-likeness (QED) is 0.153. The van der Waals surface area contributed by atoms with E-state index in [0.29, 0.717) is 27.6 Å². The highest BCUT2D eigenvalue weighted by Crippen LogP contribution is 2.41. The number of hydrogen-bond donors (Lipinski definition) is 5. The lowest BCUT2D eigenvalue weighted by molar-refractivity contribution is -0.150. The number of amides is 2. The van der Waals surface area contributed by atoms with Crippen molar-refractivity contribution >= 4 is 47.3 Å². The lowest BCUT2D eigenvalue weighted by atomic mass is 10.0. The number of ether oxygens (including phenoxy) is 1. The van der Waals surface area contributed by atoms with Crippen molar-refractivity contribution < 1.29 is 34.1 Å². The first-order valence-corrected chi connectivity index (χ1v) is 13.6. The highest BCUT2D eigenvalue weighted by Gasteiger charge is 2.54. The number of carboxylic acid groups (broad SMARTS) is 1. The van der Waals surface area contributed by atoms with Crippen molar-refractivity contribution in [3.8, 4) is 5.75 Å². The van der Waals surface area contributed by atoms with Gasteiger partial charge in [-0.2, -0.15) is 10.3 Å². The van der Waals surface area contributed by atoms with Crippen molar-refractivity contribution in [2.45, 2.75) is 48.9 Å². The number of aromatic nitrogens is 3. The van der Waals surface area contributed by atoms with E-state index in [1.807, 2.05) is 0 Å². The molecule has 0 saturated carbocycles. The number of carbonyl (C=O) groups excluding carboxylic acids is 3. The standard InChI is InChI=1S/C23H26N6O7S2/c1-10(2)36-15(31)7-14-20(27-28-26-14)37-8-12-9-38-22-17(21(33)29(22)18(12)23(34)35)25-19(32)16(24)11-3-5-13(30)6-4-11/h3-6,10,16-17,22,30H,7-9,24H2,1-2H3,(H,25,32)(H,34,35)(H,26,27,28)/t16?,17?,22-/m0/s1. The Morgan fingerprint density at radius 2 is 2.00 bits per heavy atom. The number of phenolic OH excluding ortho intramolecular Hbond substituents is 1. The molecule has 0 bridgehead atoms. The van der Waals surface area contributed by atoms with E-state index in [2.05, 4.69) is 20.7 Å². The number of carboxylic acids is 1. The van der Waals surface area contributed by atoms with Gasteiger partial charge in [-0.05, 0) is 37.1 Å². The summed E-state index contributed by atoms with van der Waals surface area (Å²) in [5.41, 5.74) is 7.21. The molecule has 15 heteroatoms. The molecule has 2 aliphatic heterocycles. The zero-order chi connectivity index (χ0) is 27.6.